The third kappa shape index (κ3) is 2.92. The van der Waals surface area contributed by atoms with Crippen LogP contribution in [-0.4, -0.2) is 27.0 Å². The molecule has 0 unspecified atom stereocenters. The fourth-order valence-corrected chi connectivity index (χ4v) is 4.35. The molecule has 0 radical (unpaired) electrons. The number of halogens is 1. The summed E-state index contributed by atoms with van der Waals surface area (Å²) in [4.78, 5) is 15.4. The van der Waals surface area contributed by atoms with Gasteiger partial charge in [0.05, 0.1) is 11.0 Å². The first-order chi connectivity index (χ1) is 13.7. The molecule has 142 valence electrons. The monoisotopic (exact) mass is 375 g/mol. The van der Waals surface area contributed by atoms with Gasteiger partial charge in [-0.1, -0.05) is 24.3 Å². The predicted molar refractivity (Wildman–Crippen MR) is 109 cm³/mol. The quantitative estimate of drug-likeness (QED) is 0.542. The summed E-state index contributed by atoms with van der Waals surface area (Å²) in [5.41, 5.74) is 4.91. The van der Waals surface area contributed by atoms with Crippen LogP contribution >= 0.6 is 0 Å². The lowest BCUT2D eigenvalue weighted by atomic mass is 10.00. The Hall–Kier alpha value is -2.92. The molecule has 0 aliphatic carbocycles. The lowest BCUT2D eigenvalue weighted by Gasteiger charge is -2.28. The van der Waals surface area contributed by atoms with Gasteiger partial charge in [-0.3, -0.25) is 9.69 Å². The van der Waals surface area contributed by atoms with E-state index in [9.17, 15) is 9.18 Å². The smallest absolute Gasteiger partial charge is 0.275 e. The molecule has 0 atom stereocenters. The van der Waals surface area contributed by atoms with Crippen molar-refractivity contribution in [2.24, 2.45) is 0 Å². The number of aromatic nitrogens is 2. The maximum Gasteiger partial charge on any atom is 0.275 e. The summed E-state index contributed by atoms with van der Waals surface area (Å²) in [5, 5.41) is 0. The van der Waals surface area contributed by atoms with Crippen molar-refractivity contribution in [3.63, 3.8) is 0 Å². The van der Waals surface area contributed by atoms with Crippen LogP contribution in [0.4, 0.5) is 4.39 Å². The van der Waals surface area contributed by atoms with Crippen LogP contribution in [-0.2, 0) is 19.5 Å². The van der Waals surface area contributed by atoms with Gasteiger partial charge in [-0.05, 0) is 54.3 Å². The van der Waals surface area contributed by atoms with E-state index >= 15 is 0 Å². The van der Waals surface area contributed by atoms with E-state index < -0.39 is 0 Å². The molecule has 0 saturated carbocycles. The van der Waals surface area contributed by atoms with Crippen molar-refractivity contribution in [3.8, 4) is 0 Å². The lowest BCUT2D eigenvalue weighted by Crippen LogP contribution is -2.32. The van der Waals surface area contributed by atoms with Crippen molar-refractivity contribution in [2.45, 2.75) is 25.9 Å². The van der Waals surface area contributed by atoms with Crippen LogP contribution in [0.5, 0.6) is 0 Å². The standard InChI is InChI=1S/C23H22FN3O/c24-19-8-9-20-22(15-19)27(23(28)21-7-3-12-26(20)21)13-4-11-25-14-10-17-5-1-2-6-18(17)16-25/h1-3,5-9,12,15H,4,10-11,13-14,16H2. The Labute approximate surface area is 162 Å². The van der Waals surface area contributed by atoms with Crippen molar-refractivity contribution < 1.29 is 4.39 Å². The van der Waals surface area contributed by atoms with E-state index in [1.807, 2.05) is 22.7 Å². The molecule has 4 nitrogen and oxygen atoms in total. The van der Waals surface area contributed by atoms with Crippen LogP contribution in [0.15, 0.2) is 65.6 Å². The summed E-state index contributed by atoms with van der Waals surface area (Å²) in [7, 11) is 0. The highest BCUT2D eigenvalue weighted by Crippen LogP contribution is 2.20. The topological polar surface area (TPSA) is 29.6 Å². The van der Waals surface area contributed by atoms with Gasteiger partial charge < -0.3 is 8.97 Å². The molecular weight excluding hydrogens is 353 g/mol. The minimum Gasteiger partial charge on any atom is -0.310 e. The summed E-state index contributed by atoms with van der Waals surface area (Å²) in [6.45, 7) is 3.50. The molecule has 0 spiro atoms. The van der Waals surface area contributed by atoms with Gasteiger partial charge in [-0.2, -0.15) is 0 Å². The number of hydrogen-bond acceptors (Lipinski definition) is 2. The SMILES string of the molecule is O=c1c2cccn2c2ccc(F)cc2n1CCCN1CCc2ccccc2C1. The number of nitrogens with zero attached hydrogens (tertiary/aromatic N) is 3. The fraction of sp³-hybridized carbons (Fsp3) is 0.261. The molecule has 5 heteroatoms. The Morgan fingerprint density at radius 3 is 2.64 bits per heavy atom. The van der Waals surface area contributed by atoms with Gasteiger partial charge in [0.2, 0.25) is 0 Å². The molecule has 0 fully saturated rings. The van der Waals surface area contributed by atoms with Gasteiger partial charge >= 0.3 is 0 Å². The average molecular weight is 375 g/mol. The molecule has 0 bridgehead atoms. The first kappa shape index (κ1) is 17.2. The highest BCUT2D eigenvalue weighted by molar-refractivity contribution is 5.79. The zero-order chi connectivity index (χ0) is 19.1. The van der Waals surface area contributed by atoms with E-state index in [1.54, 1.807) is 10.6 Å². The van der Waals surface area contributed by atoms with Crippen LogP contribution in [0.3, 0.4) is 0 Å². The zero-order valence-electron chi connectivity index (χ0n) is 15.6. The predicted octanol–water partition coefficient (Wildman–Crippen LogP) is 3.84. The minimum absolute atomic E-state index is 0.0629. The largest absolute Gasteiger partial charge is 0.310 e. The first-order valence-corrected chi connectivity index (χ1v) is 9.79. The van der Waals surface area contributed by atoms with E-state index in [0.29, 0.717) is 17.6 Å². The summed E-state index contributed by atoms with van der Waals surface area (Å²) >= 11 is 0. The van der Waals surface area contributed by atoms with Gasteiger partial charge in [0.1, 0.15) is 11.3 Å². The summed E-state index contributed by atoms with van der Waals surface area (Å²) in [6.07, 6.45) is 3.78. The molecule has 3 heterocycles. The van der Waals surface area contributed by atoms with E-state index in [4.69, 9.17) is 0 Å². The maximum atomic E-state index is 13.9. The van der Waals surface area contributed by atoms with Crippen LogP contribution in [0.25, 0.3) is 16.6 Å². The minimum atomic E-state index is -0.320. The Balaban J connectivity index is 1.40. The number of benzene rings is 2. The van der Waals surface area contributed by atoms with Crippen LogP contribution < -0.4 is 5.56 Å². The van der Waals surface area contributed by atoms with E-state index in [1.165, 1.54) is 23.3 Å². The van der Waals surface area contributed by atoms with Crippen LogP contribution in [0.2, 0.25) is 0 Å². The Bertz CT molecular complexity index is 1220. The van der Waals surface area contributed by atoms with Gasteiger partial charge in [0.25, 0.3) is 5.56 Å². The van der Waals surface area contributed by atoms with Crippen molar-refractivity contribution in [1.29, 1.82) is 0 Å². The van der Waals surface area contributed by atoms with Gasteiger partial charge in [-0.15, -0.1) is 0 Å². The normalized spacial score (nSPS) is 14.6. The first-order valence-electron chi connectivity index (χ1n) is 9.79. The molecule has 28 heavy (non-hydrogen) atoms. The van der Waals surface area contributed by atoms with Crippen LogP contribution in [0.1, 0.15) is 17.5 Å². The Morgan fingerprint density at radius 1 is 0.893 bits per heavy atom. The number of rotatable bonds is 4. The Kier molecular flexibility index (Phi) is 4.24. The van der Waals surface area contributed by atoms with Gasteiger partial charge in [-0.25, -0.2) is 4.39 Å². The molecule has 2 aromatic carbocycles. The van der Waals surface area contributed by atoms with Crippen molar-refractivity contribution in [2.75, 3.05) is 13.1 Å². The zero-order valence-corrected chi connectivity index (χ0v) is 15.6. The second-order valence-electron chi connectivity index (χ2n) is 7.50. The lowest BCUT2D eigenvalue weighted by molar-refractivity contribution is 0.246. The molecule has 4 aromatic rings. The molecule has 1 aliphatic rings. The molecule has 0 saturated heterocycles. The third-order valence-corrected chi connectivity index (χ3v) is 5.77. The van der Waals surface area contributed by atoms with Gasteiger partial charge in [0, 0.05) is 32.4 Å². The highest BCUT2D eigenvalue weighted by atomic mass is 19.1. The highest BCUT2D eigenvalue weighted by Gasteiger charge is 2.16. The number of aryl methyl sites for hydroxylation is 1. The van der Waals surface area contributed by atoms with E-state index in [-0.39, 0.29) is 11.4 Å². The summed E-state index contributed by atoms with van der Waals surface area (Å²) < 4.78 is 17.5. The van der Waals surface area contributed by atoms with Crippen molar-refractivity contribution in [3.05, 3.63) is 88.1 Å². The summed E-state index contributed by atoms with van der Waals surface area (Å²) in [6, 6.07) is 16.9. The van der Waals surface area contributed by atoms with Gasteiger partial charge in [0.15, 0.2) is 0 Å². The second kappa shape index (κ2) is 6.91. The van der Waals surface area contributed by atoms with Crippen LogP contribution in [0, 0.1) is 5.82 Å². The average Bonchev–Trinajstić information content (AvgIpc) is 3.20. The second-order valence-corrected chi connectivity index (χ2v) is 7.50. The van der Waals surface area contributed by atoms with E-state index in [2.05, 4.69) is 29.2 Å². The number of fused-ring (bicyclic) bond motifs is 4. The fourth-order valence-electron chi connectivity index (χ4n) is 4.35. The molecule has 2 aromatic heterocycles. The molecule has 0 amide bonds. The summed E-state index contributed by atoms with van der Waals surface area (Å²) in [5.74, 6) is -0.320. The molecule has 5 rings (SSSR count). The van der Waals surface area contributed by atoms with Crippen molar-refractivity contribution in [1.82, 2.24) is 13.9 Å². The third-order valence-electron chi connectivity index (χ3n) is 5.77. The molecule has 1 aliphatic heterocycles. The van der Waals surface area contributed by atoms with Crippen molar-refractivity contribution >= 4 is 16.6 Å². The van der Waals surface area contributed by atoms with E-state index in [0.717, 1.165) is 38.0 Å². The Morgan fingerprint density at radius 2 is 1.75 bits per heavy atom. The number of hydrogen-bond donors (Lipinski definition) is 0. The maximum absolute atomic E-state index is 13.9. The molecule has 0 N–H and O–H groups in total. The molecular formula is C23H22FN3O.